The molecule has 0 aliphatic carbocycles. The number of carbonyl (C=O) groups is 3. The lowest BCUT2D eigenvalue weighted by atomic mass is 10.1. The fraction of sp³-hybridized carbons (Fsp3) is 0.357. The Balaban J connectivity index is 1.65. The van der Waals surface area contributed by atoms with Gasteiger partial charge in [0.2, 0.25) is 0 Å². The number of ether oxygens (including phenoxy) is 1. The van der Waals surface area contributed by atoms with Crippen molar-refractivity contribution in [3.63, 3.8) is 0 Å². The number of amides is 3. The predicted octanol–water partition coefficient (Wildman–Crippen LogP) is 5.79. The van der Waals surface area contributed by atoms with Gasteiger partial charge in [0.15, 0.2) is 17.4 Å². The predicted molar refractivity (Wildman–Crippen MR) is 151 cm³/mol. The molecule has 2 aromatic heterocycles. The van der Waals surface area contributed by atoms with Gasteiger partial charge in [0, 0.05) is 49.4 Å². The van der Waals surface area contributed by atoms with Crippen LogP contribution in [0.25, 0.3) is 0 Å². The number of aromatic nitrogens is 1. The molecule has 0 fully saturated rings. The minimum atomic E-state index is -1.06. The molecule has 0 saturated heterocycles. The van der Waals surface area contributed by atoms with E-state index in [4.69, 9.17) is 4.74 Å². The number of benzene rings is 1. The van der Waals surface area contributed by atoms with Crippen molar-refractivity contribution in [3.8, 4) is 0 Å². The highest BCUT2D eigenvalue weighted by molar-refractivity contribution is 7.08. The lowest BCUT2D eigenvalue weighted by Crippen LogP contribution is -2.39. The van der Waals surface area contributed by atoms with Gasteiger partial charge in [0.05, 0.1) is 5.69 Å². The maximum Gasteiger partial charge on any atom is 0.412 e. The van der Waals surface area contributed by atoms with E-state index in [0.717, 1.165) is 12.1 Å². The lowest BCUT2D eigenvalue weighted by Gasteiger charge is -2.25. The van der Waals surface area contributed by atoms with Gasteiger partial charge < -0.3 is 19.9 Å². The Kier molecular flexibility index (Phi) is 10.3. The molecule has 0 unspecified atom stereocenters. The van der Waals surface area contributed by atoms with Crippen molar-refractivity contribution in [1.82, 2.24) is 14.8 Å². The first kappa shape index (κ1) is 30.6. The molecular formula is C28H33F2N5O4S. The number of halogens is 2. The smallest absolute Gasteiger partial charge is 0.412 e. The average molecular weight is 574 g/mol. The number of ketones is 1. The first-order valence-corrected chi connectivity index (χ1v) is 13.4. The van der Waals surface area contributed by atoms with Crippen LogP contribution in [0.4, 0.5) is 29.7 Å². The lowest BCUT2D eigenvalue weighted by molar-refractivity contribution is 0.0635. The third kappa shape index (κ3) is 9.38. The van der Waals surface area contributed by atoms with E-state index in [9.17, 15) is 23.2 Å². The van der Waals surface area contributed by atoms with Crippen molar-refractivity contribution in [2.75, 3.05) is 37.8 Å². The molecule has 1 aromatic carbocycles. The Labute approximate surface area is 236 Å². The number of anilines is 2. The van der Waals surface area contributed by atoms with Crippen molar-refractivity contribution in [1.29, 1.82) is 0 Å². The maximum atomic E-state index is 13.6. The monoisotopic (exact) mass is 573 g/mol. The molecule has 0 bridgehead atoms. The number of hydrogen-bond acceptors (Lipinski definition) is 7. The summed E-state index contributed by atoms with van der Waals surface area (Å²) in [6.45, 7) is 6.39. The van der Waals surface area contributed by atoms with E-state index >= 15 is 0 Å². The first-order valence-electron chi connectivity index (χ1n) is 12.5. The normalized spacial score (nSPS) is 11.3. The molecule has 9 nitrogen and oxygen atoms in total. The highest BCUT2D eigenvalue weighted by Gasteiger charge is 2.20. The van der Waals surface area contributed by atoms with Crippen LogP contribution < -0.4 is 10.6 Å². The summed E-state index contributed by atoms with van der Waals surface area (Å²) in [5, 5.41) is 8.79. The van der Waals surface area contributed by atoms with Crippen LogP contribution in [0.3, 0.4) is 0 Å². The number of likely N-dealkylation sites (N-methyl/N-ethyl adjacent to an activating group) is 1. The summed E-state index contributed by atoms with van der Waals surface area (Å²) in [6.07, 6.45) is 0.954. The number of carbonyl (C=O) groups excluding carboxylic acids is 3. The van der Waals surface area contributed by atoms with Gasteiger partial charge in [-0.1, -0.05) is 6.07 Å². The number of rotatable bonds is 10. The second-order valence-corrected chi connectivity index (χ2v) is 11.1. The summed E-state index contributed by atoms with van der Waals surface area (Å²) in [6, 6.07) is 5.95. The Morgan fingerprint density at radius 3 is 2.38 bits per heavy atom. The van der Waals surface area contributed by atoms with E-state index in [-0.39, 0.29) is 30.1 Å². The minimum Gasteiger partial charge on any atom is -0.444 e. The molecule has 2 N–H and O–H groups in total. The van der Waals surface area contributed by atoms with E-state index in [1.54, 1.807) is 43.7 Å². The number of Topliss-reactive ketones (excluding diaryl/α,β-unsaturated/α-hetero) is 1. The van der Waals surface area contributed by atoms with E-state index in [0.29, 0.717) is 29.9 Å². The second kappa shape index (κ2) is 13.4. The van der Waals surface area contributed by atoms with Crippen molar-refractivity contribution in [2.24, 2.45) is 0 Å². The molecule has 0 aliphatic heterocycles. The fourth-order valence-electron chi connectivity index (χ4n) is 3.50. The highest BCUT2D eigenvalue weighted by Crippen LogP contribution is 2.24. The molecule has 40 heavy (non-hydrogen) atoms. The number of thiophene rings is 1. The van der Waals surface area contributed by atoms with Crippen molar-refractivity contribution < 1.29 is 27.9 Å². The van der Waals surface area contributed by atoms with Gasteiger partial charge in [-0.2, -0.15) is 0 Å². The molecule has 214 valence electrons. The fourth-order valence-corrected chi connectivity index (χ4v) is 4.29. The van der Waals surface area contributed by atoms with E-state index in [1.165, 1.54) is 28.5 Å². The second-order valence-electron chi connectivity index (χ2n) is 10.4. The summed E-state index contributed by atoms with van der Waals surface area (Å²) in [5.74, 6) is -2.30. The molecule has 3 amide bonds. The molecule has 0 aliphatic rings. The van der Waals surface area contributed by atoms with E-state index in [2.05, 4.69) is 15.6 Å². The Hall–Kier alpha value is -3.90. The van der Waals surface area contributed by atoms with Crippen LogP contribution in [0, 0.1) is 11.6 Å². The molecule has 2 heterocycles. The molecule has 3 rings (SSSR count). The number of urea groups is 1. The van der Waals surface area contributed by atoms with Crippen LogP contribution in [0.2, 0.25) is 0 Å². The summed E-state index contributed by atoms with van der Waals surface area (Å²) < 4.78 is 32.1. The van der Waals surface area contributed by atoms with Gasteiger partial charge in [-0.15, -0.1) is 11.3 Å². The summed E-state index contributed by atoms with van der Waals surface area (Å²) in [7, 11) is 3.74. The Bertz CT molecular complexity index is 1340. The number of nitrogens with one attached hydrogen (secondary N) is 2. The van der Waals surface area contributed by atoms with Crippen LogP contribution in [-0.4, -0.2) is 65.5 Å². The molecule has 0 atom stereocenters. The van der Waals surface area contributed by atoms with Crippen LogP contribution >= 0.6 is 11.3 Å². The number of hydrogen-bond donors (Lipinski definition) is 2. The highest BCUT2D eigenvalue weighted by atomic mass is 32.1. The van der Waals surface area contributed by atoms with Crippen LogP contribution in [0.5, 0.6) is 0 Å². The zero-order valence-corrected chi connectivity index (χ0v) is 23.9. The summed E-state index contributed by atoms with van der Waals surface area (Å²) >= 11 is 1.35. The van der Waals surface area contributed by atoms with Gasteiger partial charge in [0.1, 0.15) is 11.3 Å². The van der Waals surface area contributed by atoms with Gasteiger partial charge in [-0.25, -0.2) is 18.4 Å². The Morgan fingerprint density at radius 1 is 1.00 bits per heavy atom. The van der Waals surface area contributed by atoms with Crippen molar-refractivity contribution in [2.45, 2.75) is 39.3 Å². The van der Waals surface area contributed by atoms with Crippen molar-refractivity contribution >= 4 is 40.6 Å². The Morgan fingerprint density at radius 2 is 1.75 bits per heavy atom. The topological polar surface area (TPSA) is 104 Å². The van der Waals surface area contributed by atoms with Crippen LogP contribution in [-0.2, 0) is 17.7 Å². The minimum absolute atomic E-state index is 0.0343. The zero-order chi connectivity index (χ0) is 29.4. The third-order valence-electron chi connectivity index (χ3n) is 5.49. The van der Waals surface area contributed by atoms with Gasteiger partial charge in [-0.05, 0) is 69.6 Å². The first-order chi connectivity index (χ1) is 18.8. The molecule has 0 spiro atoms. The quantitative estimate of drug-likeness (QED) is 0.298. The van der Waals surface area contributed by atoms with Crippen LogP contribution in [0.15, 0.2) is 47.3 Å². The third-order valence-corrected chi connectivity index (χ3v) is 6.28. The zero-order valence-electron chi connectivity index (χ0n) is 23.1. The molecular weight excluding hydrogens is 540 g/mol. The number of pyridine rings is 1. The largest absolute Gasteiger partial charge is 0.444 e. The maximum absolute atomic E-state index is 13.6. The molecule has 0 saturated carbocycles. The van der Waals surface area contributed by atoms with Gasteiger partial charge >= 0.3 is 12.1 Å². The summed E-state index contributed by atoms with van der Waals surface area (Å²) in [4.78, 5) is 45.7. The molecule has 12 heteroatoms. The molecule has 3 aromatic rings. The average Bonchev–Trinajstić information content (AvgIpc) is 3.29. The van der Waals surface area contributed by atoms with E-state index < -0.39 is 29.4 Å². The van der Waals surface area contributed by atoms with Gasteiger partial charge in [-0.3, -0.25) is 15.1 Å². The van der Waals surface area contributed by atoms with E-state index in [1.807, 2.05) is 19.0 Å². The number of nitrogens with zero attached hydrogens (tertiary/aromatic N) is 3. The summed E-state index contributed by atoms with van der Waals surface area (Å²) in [5.41, 5.74) is 1.56. The van der Waals surface area contributed by atoms with Crippen LogP contribution in [0.1, 0.15) is 42.4 Å². The standard InChI is InChI=1S/C28H33F2N5O4S/c1-28(2,3)39-27(38)33-24-17-40-16-19(24)12-25(36)23-9-6-18(14-31-23)15-35(11-10-34(4)5)26(37)32-20-7-8-21(29)22(30)13-20/h6-9,13-14,16-17H,10-12,15H2,1-5H3,(H,32,37)(H,33,38). The SMILES string of the molecule is CN(C)CCN(Cc1ccc(C(=O)Cc2cscc2NC(=O)OC(C)(C)C)nc1)C(=O)Nc1ccc(F)c(F)c1. The van der Waals surface area contributed by atoms with Gasteiger partial charge in [0.25, 0.3) is 0 Å². The molecule has 0 radical (unpaired) electrons. The van der Waals surface area contributed by atoms with Crippen molar-refractivity contribution in [3.05, 3.63) is 75.7 Å².